The minimum Gasteiger partial charge on any atom is -0.454 e. The number of esters is 1. The van der Waals surface area contributed by atoms with Crippen molar-refractivity contribution in [1.82, 2.24) is 0 Å². The van der Waals surface area contributed by atoms with E-state index >= 15 is 0 Å². The summed E-state index contributed by atoms with van der Waals surface area (Å²) in [5.74, 6) is -1.07. The van der Waals surface area contributed by atoms with Gasteiger partial charge in [-0.3, -0.25) is 14.9 Å². The van der Waals surface area contributed by atoms with Gasteiger partial charge in [-0.15, -0.1) is 0 Å². The molecule has 29 heavy (non-hydrogen) atoms. The lowest BCUT2D eigenvalue weighted by molar-refractivity contribution is -0.384. The van der Waals surface area contributed by atoms with Crippen molar-refractivity contribution in [2.24, 2.45) is 0 Å². The average molecular weight is 396 g/mol. The van der Waals surface area contributed by atoms with Gasteiger partial charge in [0.05, 0.1) is 10.5 Å². The topological polar surface area (TPSA) is 89.8 Å². The standard InChI is InChI=1S/C22H24N2O5/c1-2-5-16-6-8-17(9-7-16)21(25)15-29-22(26)18-10-11-19(20(14-18)24(27)28)23-12-3-4-13-23/h6-11,14H,2-5,12-13,15H2,1H3. The molecule has 1 aliphatic rings. The van der Waals surface area contributed by atoms with Crippen molar-refractivity contribution in [3.8, 4) is 0 Å². The Morgan fingerprint density at radius 2 is 1.72 bits per heavy atom. The number of ketones is 1. The molecule has 0 N–H and O–H groups in total. The van der Waals surface area contributed by atoms with E-state index in [1.54, 1.807) is 18.2 Å². The average Bonchev–Trinajstić information content (AvgIpc) is 3.26. The first kappa shape index (κ1) is 20.5. The molecule has 1 heterocycles. The van der Waals surface area contributed by atoms with Gasteiger partial charge < -0.3 is 9.64 Å². The van der Waals surface area contributed by atoms with E-state index in [-0.39, 0.29) is 17.0 Å². The molecule has 0 atom stereocenters. The quantitative estimate of drug-likeness (QED) is 0.288. The summed E-state index contributed by atoms with van der Waals surface area (Å²) in [5.41, 5.74) is 2.05. The second kappa shape index (κ2) is 9.32. The number of rotatable bonds is 8. The Hall–Kier alpha value is -3.22. The lowest BCUT2D eigenvalue weighted by Crippen LogP contribution is -2.19. The summed E-state index contributed by atoms with van der Waals surface area (Å²) in [6, 6.07) is 11.5. The van der Waals surface area contributed by atoms with Crippen molar-refractivity contribution in [2.75, 3.05) is 24.6 Å². The first-order chi connectivity index (χ1) is 14.0. The van der Waals surface area contributed by atoms with Crippen LogP contribution in [0.4, 0.5) is 11.4 Å². The molecule has 0 unspecified atom stereocenters. The van der Waals surface area contributed by atoms with Crippen LogP contribution in [0.25, 0.3) is 0 Å². The summed E-state index contributed by atoms with van der Waals surface area (Å²) in [6.45, 7) is 3.19. The third-order valence-corrected chi connectivity index (χ3v) is 5.00. The monoisotopic (exact) mass is 396 g/mol. The summed E-state index contributed by atoms with van der Waals surface area (Å²) in [5, 5.41) is 11.5. The molecule has 1 aliphatic heterocycles. The number of nitrogens with zero attached hydrogens (tertiary/aromatic N) is 2. The van der Waals surface area contributed by atoms with Crippen LogP contribution >= 0.6 is 0 Å². The van der Waals surface area contributed by atoms with Crippen molar-refractivity contribution in [2.45, 2.75) is 32.6 Å². The molecule has 0 amide bonds. The largest absolute Gasteiger partial charge is 0.454 e. The highest BCUT2D eigenvalue weighted by Crippen LogP contribution is 2.31. The van der Waals surface area contributed by atoms with Crippen molar-refractivity contribution in [3.63, 3.8) is 0 Å². The Morgan fingerprint density at radius 1 is 1.07 bits per heavy atom. The molecule has 7 heteroatoms. The lowest BCUT2D eigenvalue weighted by Gasteiger charge is -2.17. The molecule has 0 saturated carbocycles. The van der Waals surface area contributed by atoms with E-state index in [1.165, 1.54) is 12.1 Å². The van der Waals surface area contributed by atoms with E-state index in [2.05, 4.69) is 6.92 Å². The summed E-state index contributed by atoms with van der Waals surface area (Å²) < 4.78 is 5.10. The van der Waals surface area contributed by atoms with Gasteiger partial charge in [0.15, 0.2) is 12.4 Å². The molecule has 0 aliphatic carbocycles. The van der Waals surface area contributed by atoms with Crippen molar-refractivity contribution < 1.29 is 19.2 Å². The number of anilines is 1. The fourth-order valence-corrected chi connectivity index (χ4v) is 3.47. The van der Waals surface area contributed by atoms with Crippen LogP contribution in [0.2, 0.25) is 0 Å². The number of carbonyl (C=O) groups is 2. The lowest BCUT2D eigenvalue weighted by atomic mass is 10.1. The molecule has 0 bridgehead atoms. The van der Waals surface area contributed by atoms with Crippen LogP contribution in [-0.4, -0.2) is 36.4 Å². The van der Waals surface area contributed by atoms with Gasteiger partial charge in [0.1, 0.15) is 5.69 Å². The van der Waals surface area contributed by atoms with Crippen molar-refractivity contribution >= 4 is 23.1 Å². The molecule has 0 radical (unpaired) electrons. The molecule has 0 spiro atoms. The molecule has 0 aromatic heterocycles. The van der Waals surface area contributed by atoms with Gasteiger partial charge in [0.25, 0.3) is 5.69 Å². The number of aryl methyl sites for hydroxylation is 1. The molecule has 1 fully saturated rings. The molecule has 2 aromatic rings. The second-order valence-electron chi connectivity index (χ2n) is 7.10. The molecule has 3 rings (SSSR count). The third kappa shape index (κ3) is 4.99. The van der Waals surface area contributed by atoms with Gasteiger partial charge in [-0.2, -0.15) is 0 Å². The number of benzene rings is 2. The van der Waals surface area contributed by atoms with Crippen LogP contribution < -0.4 is 4.90 Å². The second-order valence-corrected chi connectivity index (χ2v) is 7.10. The summed E-state index contributed by atoms with van der Waals surface area (Å²) in [6.07, 6.45) is 3.94. The van der Waals surface area contributed by atoms with Gasteiger partial charge in [-0.25, -0.2) is 4.79 Å². The number of ether oxygens (including phenoxy) is 1. The van der Waals surface area contributed by atoms with Gasteiger partial charge in [-0.1, -0.05) is 37.6 Å². The summed E-state index contributed by atoms with van der Waals surface area (Å²) >= 11 is 0. The van der Waals surface area contributed by atoms with E-state index in [1.807, 2.05) is 17.0 Å². The minimum atomic E-state index is -0.753. The molecular weight excluding hydrogens is 372 g/mol. The highest BCUT2D eigenvalue weighted by Gasteiger charge is 2.24. The normalized spacial score (nSPS) is 13.3. The first-order valence-electron chi connectivity index (χ1n) is 9.82. The fourth-order valence-electron chi connectivity index (χ4n) is 3.47. The molecular formula is C22H24N2O5. The Bertz CT molecular complexity index is 902. The van der Waals surface area contributed by atoms with E-state index in [9.17, 15) is 19.7 Å². The van der Waals surface area contributed by atoms with E-state index in [0.29, 0.717) is 11.3 Å². The number of nitro groups is 1. The molecule has 2 aromatic carbocycles. The zero-order valence-corrected chi connectivity index (χ0v) is 16.4. The summed E-state index contributed by atoms with van der Waals surface area (Å²) in [4.78, 5) is 37.5. The molecule has 1 saturated heterocycles. The van der Waals surface area contributed by atoms with Crippen molar-refractivity contribution in [1.29, 1.82) is 0 Å². The Morgan fingerprint density at radius 3 is 2.34 bits per heavy atom. The number of hydrogen-bond acceptors (Lipinski definition) is 6. The maximum absolute atomic E-state index is 12.3. The van der Waals surface area contributed by atoms with Crippen LogP contribution in [0.5, 0.6) is 0 Å². The minimum absolute atomic E-state index is 0.0609. The van der Waals surface area contributed by atoms with Gasteiger partial charge in [0.2, 0.25) is 0 Å². The molecule has 7 nitrogen and oxygen atoms in total. The van der Waals surface area contributed by atoms with Crippen LogP contribution in [0.15, 0.2) is 42.5 Å². The maximum Gasteiger partial charge on any atom is 0.338 e. The van der Waals surface area contributed by atoms with Crippen LogP contribution in [0.1, 0.15) is 52.5 Å². The van der Waals surface area contributed by atoms with E-state index in [0.717, 1.165) is 44.3 Å². The Balaban J connectivity index is 1.66. The predicted molar refractivity (Wildman–Crippen MR) is 110 cm³/mol. The van der Waals surface area contributed by atoms with Crippen LogP contribution in [-0.2, 0) is 11.2 Å². The Kier molecular flexibility index (Phi) is 6.59. The highest BCUT2D eigenvalue weighted by atomic mass is 16.6. The number of carbonyl (C=O) groups excluding carboxylic acids is 2. The zero-order chi connectivity index (χ0) is 20.8. The molecule has 152 valence electrons. The highest BCUT2D eigenvalue weighted by molar-refractivity contribution is 5.99. The van der Waals surface area contributed by atoms with Crippen LogP contribution in [0.3, 0.4) is 0 Å². The van der Waals surface area contributed by atoms with Crippen molar-refractivity contribution in [3.05, 3.63) is 69.3 Å². The van der Waals surface area contributed by atoms with Crippen LogP contribution in [0, 0.1) is 10.1 Å². The Labute approximate surface area is 169 Å². The number of Topliss-reactive ketones (excluding diaryl/α,β-unsaturated/α-hetero) is 1. The SMILES string of the molecule is CCCc1ccc(C(=O)COC(=O)c2ccc(N3CCCC3)c([N+](=O)[O-])c2)cc1. The number of hydrogen-bond donors (Lipinski definition) is 0. The number of nitro benzene ring substituents is 1. The zero-order valence-electron chi connectivity index (χ0n) is 16.4. The smallest absolute Gasteiger partial charge is 0.338 e. The fraction of sp³-hybridized carbons (Fsp3) is 0.364. The van der Waals surface area contributed by atoms with E-state index < -0.39 is 17.5 Å². The predicted octanol–water partition coefficient (Wildman–Crippen LogP) is 4.19. The maximum atomic E-state index is 12.3. The van der Waals surface area contributed by atoms with E-state index in [4.69, 9.17) is 4.74 Å². The van der Waals surface area contributed by atoms with Gasteiger partial charge >= 0.3 is 5.97 Å². The third-order valence-electron chi connectivity index (χ3n) is 5.00. The first-order valence-corrected chi connectivity index (χ1v) is 9.82. The summed E-state index contributed by atoms with van der Waals surface area (Å²) in [7, 11) is 0. The van der Waals surface area contributed by atoms with Gasteiger partial charge in [-0.05, 0) is 37.0 Å². The van der Waals surface area contributed by atoms with Gasteiger partial charge in [0, 0.05) is 24.7 Å².